The number of rotatable bonds is 7. The number of anilines is 1. The molecule has 0 bridgehead atoms. The normalized spacial score (nSPS) is 13.0. The van der Waals surface area contributed by atoms with Gasteiger partial charge in [0.2, 0.25) is 0 Å². The fourth-order valence-corrected chi connectivity index (χ4v) is 1.74. The zero-order valence-electron chi connectivity index (χ0n) is 13.4. The van der Waals surface area contributed by atoms with Crippen LogP contribution in [-0.2, 0) is 16.0 Å². The Morgan fingerprint density at radius 3 is 2.76 bits per heavy atom. The van der Waals surface area contributed by atoms with Crippen LogP contribution >= 0.6 is 0 Å². The Balaban J connectivity index is 2.55. The second-order valence-corrected chi connectivity index (χ2v) is 5.84. The lowest BCUT2D eigenvalue weighted by molar-refractivity contribution is 0.0635. The second-order valence-electron chi connectivity index (χ2n) is 5.84. The van der Waals surface area contributed by atoms with Crippen LogP contribution in [0.5, 0.6) is 0 Å². The van der Waals surface area contributed by atoms with E-state index in [4.69, 9.17) is 9.47 Å². The maximum Gasteiger partial charge on any atom is 0.413 e. The molecule has 0 fully saturated rings. The fraction of sp³-hybridized carbons (Fsp3) is 0.714. The minimum atomic E-state index is -0.533. The second kappa shape index (κ2) is 7.99. The number of amides is 1. The van der Waals surface area contributed by atoms with Crippen molar-refractivity contribution in [2.75, 3.05) is 19.0 Å². The number of nitrogens with zero attached hydrogens (tertiary/aromatic N) is 1. The highest BCUT2D eigenvalue weighted by atomic mass is 16.6. The summed E-state index contributed by atoms with van der Waals surface area (Å²) >= 11 is 0. The van der Waals surface area contributed by atoms with E-state index in [1.807, 2.05) is 20.8 Å². The summed E-state index contributed by atoms with van der Waals surface area (Å²) in [5, 5.41) is 12.7. The van der Waals surface area contributed by atoms with Crippen molar-refractivity contribution >= 4 is 11.9 Å². The number of methoxy groups -OCH3 is 1. The minimum Gasteiger partial charge on any atom is -0.444 e. The Morgan fingerprint density at radius 2 is 2.19 bits per heavy atom. The first kappa shape index (κ1) is 17.5. The van der Waals surface area contributed by atoms with Crippen molar-refractivity contribution < 1.29 is 14.3 Å². The third-order valence-corrected chi connectivity index (χ3v) is 2.79. The van der Waals surface area contributed by atoms with Gasteiger partial charge in [-0.1, -0.05) is 6.92 Å². The molecule has 1 aromatic heterocycles. The first-order valence-corrected chi connectivity index (χ1v) is 7.10. The lowest BCUT2D eigenvalue weighted by atomic mass is 10.2. The molecule has 0 radical (unpaired) electrons. The van der Waals surface area contributed by atoms with E-state index in [1.165, 1.54) is 0 Å². The van der Waals surface area contributed by atoms with Crippen LogP contribution in [0, 0.1) is 0 Å². The molecule has 0 saturated carbocycles. The van der Waals surface area contributed by atoms with Crippen LogP contribution in [0.3, 0.4) is 0 Å². The molecule has 120 valence electrons. The molecule has 0 aliphatic carbocycles. The number of hydrogen-bond donors (Lipinski definition) is 3. The summed E-state index contributed by atoms with van der Waals surface area (Å²) in [6.45, 7) is 8.77. The number of nitrogens with one attached hydrogen (secondary N) is 3. The molecule has 0 spiro atoms. The number of carbonyl (C=O) groups is 1. The van der Waals surface area contributed by atoms with Crippen LogP contribution in [0.2, 0.25) is 0 Å². The van der Waals surface area contributed by atoms with E-state index in [9.17, 15) is 4.79 Å². The average molecular weight is 298 g/mol. The lowest BCUT2D eigenvalue weighted by Crippen LogP contribution is -2.32. The van der Waals surface area contributed by atoms with Gasteiger partial charge in [0.1, 0.15) is 11.4 Å². The van der Waals surface area contributed by atoms with Crippen LogP contribution in [0.15, 0.2) is 6.20 Å². The first-order valence-electron chi connectivity index (χ1n) is 7.10. The van der Waals surface area contributed by atoms with Crippen molar-refractivity contribution in [3.63, 3.8) is 0 Å². The fourth-order valence-electron chi connectivity index (χ4n) is 1.74. The zero-order valence-corrected chi connectivity index (χ0v) is 13.4. The molecule has 3 N–H and O–H groups in total. The van der Waals surface area contributed by atoms with Gasteiger partial charge in [-0.15, -0.1) is 0 Å². The molecule has 1 heterocycles. The van der Waals surface area contributed by atoms with E-state index in [1.54, 1.807) is 13.3 Å². The van der Waals surface area contributed by atoms with Gasteiger partial charge in [0, 0.05) is 25.3 Å². The molecule has 0 aliphatic rings. The molecule has 0 aliphatic heterocycles. The van der Waals surface area contributed by atoms with Crippen molar-refractivity contribution in [2.24, 2.45) is 0 Å². The summed E-state index contributed by atoms with van der Waals surface area (Å²) in [4.78, 5) is 11.8. The minimum absolute atomic E-state index is 0.263. The number of ether oxygens (including phenoxy) is 2. The highest BCUT2D eigenvalue weighted by molar-refractivity contribution is 5.84. The smallest absolute Gasteiger partial charge is 0.413 e. The topological polar surface area (TPSA) is 88.3 Å². The summed E-state index contributed by atoms with van der Waals surface area (Å²) in [5.41, 5.74) is 0.337. The van der Waals surface area contributed by atoms with Gasteiger partial charge in [0.15, 0.2) is 0 Å². The first-order chi connectivity index (χ1) is 9.85. The summed E-state index contributed by atoms with van der Waals surface area (Å²) in [5.74, 6) is 0.545. The SMILES string of the molecule is CCC(COC)NCc1cn[nH]c1NC(=O)OC(C)(C)C. The van der Waals surface area contributed by atoms with Gasteiger partial charge in [0.25, 0.3) is 0 Å². The Labute approximate surface area is 125 Å². The maximum atomic E-state index is 11.8. The van der Waals surface area contributed by atoms with E-state index in [0.717, 1.165) is 12.0 Å². The number of carbonyl (C=O) groups excluding carboxylic acids is 1. The number of H-pyrrole nitrogens is 1. The molecule has 1 amide bonds. The van der Waals surface area contributed by atoms with Crippen molar-refractivity contribution in [2.45, 2.75) is 52.3 Å². The Kier molecular flexibility index (Phi) is 6.64. The highest BCUT2D eigenvalue weighted by Gasteiger charge is 2.18. The Morgan fingerprint density at radius 1 is 1.48 bits per heavy atom. The number of aromatic nitrogens is 2. The number of aromatic amines is 1. The summed E-state index contributed by atoms with van der Waals surface area (Å²) in [6.07, 6.45) is 2.14. The molecule has 1 aromatic rings. The third-order valence-electron chi connectivity index (χ3n) is 2.79. The quantitative estimate of drug-likeness (QED) is 0.718. The van der Waals surface area contributed by atoms with Gasteiger partial charge < -0.3 is 14.8 Å². The molecule has 7 nitrogen and oxygen atoms in total. The van der Waals surface area contributed by atoms with Crippen LogP contribution in [0.1, 0.15) is 39.7 Å². The van der Waals surface area contributed by atoms with E-state index in [-0.39, 0.29) is 6.04 Å². The van der Waals surface area contributed by atoms with Crippen LogP contribution in [-0.4, -0.2) is 41.7 Å². The predicted octanol–water partition coefficient (Wildman–Crippen LogP) is 2.27. The average Bonchev–Trinajstić information content (AvgIpc) is 2.79. The van der Waals surface area contributed by atoms with E-state index in [2.05, 4.69) is 27.8 Å². The van der Waals surface area contributed by atoms with Gasteiger partial charge in [-0.05, 0) is 27.2 Å². The van der Waals surface area contributed by atoms with Gasteiger partial charge >= 0.3 is 6.09 Å². The molecule has 1 rings (SSSR count). The molecular formula is C14H26N4O3. The van der Waals surface area contributed by atoms with Crippen LogP contribution in [0.4, 0.5) is 10.6 Å². The molecule has 7 heteroatoms. The largest absolute Gasteiger partial charge is 0.444 e. The molecule has 1 unspecified atom stereocenters. The maximum absolute atomic E-state index is 11.8. The van der Waals surface area contributed by atoms with Gasteiger partial charge in [-0.25, -0.2) is 4.79 Å². The molecule has 0 aromatic carbocycles. The standard InChI is InChI=1S/C14H26N4O3/c1-6-11(9-20-5)15-7-10-8-16-18-12(10)17-13(19)21-14(2,3)4/h8,11,15H,6-7,9H2,1-5H3,(H2,16,17,18,19). The molecule has 1 atom stereocenters. The number of hydrogen-bond acceptors (Lipinski definition) is 5. The van der Waals surface area contributed by atoms with Crippen molar-refractivity contribution in [1.82, 2.24) is 15.5 Å². The van der Waals surface area contributed by atoms with Crippen molar-refractivity contribution in [3.05, 3.63) is 11.8 Å². The highest BCUT2D eigenvalue weighted by Crippen LogP contribution is 2.14. The van der Waals surface area contributed by atoms with Crippen molar-refractivity contribution in [3.8, 4) is 0 Å². The molecule has 0 saturated heterocycles. The van der Waals surface area contributed by atoms with E-state index in [0.29, 0.717) is 19.0 Å². The predicted molar refractivity (Wildman–Crippen MR) is 81.2 cm³/mol. The Bertz CT molecular complexity index is 440. The van der Waals surface area contributed by atoms with Crippen LogP contribution < -0.4 is 10.6 Å². The lowest BCUT2D eigenvalue weighted by Gasteiger charge is -2.20. The van der Waals surface area contributed by atoms with Gasteiger partial charge in [-0.3, -0.25) is 10.4 Å². The Hall–Kier alpha value is -1.60. The van der Waals surface area contributed by atoms with Gasteiger partial charge in [0.05, 0.1) is 12.8 Å². The van der Waals surface area contributed by atoms with E-state index >= 15 is 0 Å². The molecule has 21 heavy (non-hydrogen) atoms. The summed E-state index contributed by atoms with van der Waals surface area (Å²) in [6, 6.07) is 0.263. The van der Waals surface area contributed by atoms with Gasteiger partial charge in [-0.2, -0.15) is 5.10 Å². The van der Waals surface area contributed by atoms with Crippen molar-refractivity contribution in [1.29, 1.82) is 0 Å². The zero-order chi connectivity index (χ0) is 15.9. The van der Waals surface area contributed by atoms with Crippen LogP contribution in [0.25, 0.3) is 0 Å². The summed E-state index contributed by atoms with van der Waals surface area (Å²) in [7, 11) is 1.68. The third kappa shape index (κ3) is 6.59. The monoisotopic (exact) mass is 298 g/mol. The van der Waals surface area contributed by atoms with E-state index < -0.39 is 11.7 Å². The summed E-state index contributed by atoms with van der Waals surface area (Å²) < 4.78 is 10.4. The molecular weight excluding hydrogens is 272 g/mol.